The minimum atomic E-state index is -4.71. The number of benzene rings is 1. The maximum absolute atomic E-state index is 12.4. The molecule has 0 spiro atoms. The lowest BCUT2D eigenvalue weighted by molar-refractivity contribution is -0.274. The lowest BCUT2D eigenvalue weighted by atomic mass is 10.2. The van der Waals surface area contributed by atoms with Gasteiger partial charge in [-0.25, -0.2) is 4.99 Å². The van der Waals surface area contributed by atoms with Crippen molar-refractivity contribution in [1.29, 1.82) is 0 Å². The molecule has 0 fully saturated rings. The Labute approximate surface area is 138 Å². The number of rotatable bonds is 8. The molecule has 0 radical (unpaired) electrons. The molecule has 8 heteroatoms. The van der Waals surface area contributed by atoms with Crippen LogP contribution in [-0.4, -0.2) is 37.4 Å². The van der Waals surface area contributed by atoms with Crippen molar-refractivity contribution in [1.82, 2.24) is 10.6 Å². The van der Waals surface area contributed by atoms with Crippen LogP contribution in [0, 0.1) is 0 Å². The molecule has 0 aliphatic rings. The molecule has 1 rings (SSSR count). The Kier molecular flexibility index (Phi) is 8.68. The van der Waals surface area contributed by atoms with E-state index in [0.717, 1.165) is 18.7 Å². The lowest BCUT2D eigenvalue weighted by Gasteiger charge is -2.13. The van der Waals surface area contributed by atoms with Crippen molar-refractivity contribution >= 4 is 17.7 Å². The summed E-state index contributed by atoms with van der Waals surface area (Å²) in [5.41, 5.74) is 0.381. The molecular weight excluding hydrogens is 327 g/mol. The third-order valence-electron chi connectivity index (χ3n) is 2.77. The van der Waals surface area contributed by atoms with Crippen LogP contribution in [0.2, 0.25) is 0 Å². The smallest absolute Gasteiger partial charge is 0.405 e. The van der Waals surface area contributed by atoms with Crippen molar-refractivity contribution in [3.05, 3.63) is 29.8 Å². The minimum absolute atomic E-state index is 0.101. The highest BCUT2D eigenvalue weighted by atomic mass is 32.2. The van der Waals surface area contributed by atoms with Crippen LogP contribution >= 0.6 is 11.8 Å². The van der Waals surface area contributed by atoms with Gasteiger partial charge in [0.05, 0.1) is 6.54 Å². The van der Waals surface area contributed by atoms with E-state index in [9.17, 15) is 13.2 Å². The third kappa shape index (κ3) is 8.59. The van der Waals surface area contributed by atoms with Gasteiger partial charge >= 0.3 is 6.36 Å². The molecule has 0 saturated heterocycles. The van der Waals surface area contributed by atoms with Crippen molar-refractivity contribution in [3.63, 3.8) is 0 Å². The van der Waals surface area contributed by atoms with Crippen molar-refractivity contribution in [2.45, 2.75) is 26.3 Å². The quantitative estimate of drug-likeness (QED) is 0.429. The molecule has 0 aliphatic carbocycles. The van der Waals surface area contributed by atoms with Gasteiger partial charge in [0, 0.05) is 18.7 Å². The molecule has 0 atom stereocenters. The van der Waals surface area contributed by atoms with Gasteiger partial charge in [-0.2, -0.15) is 11.8 Å². The van der Waals surface area contributed by atoms with E-state index in [0.29, 0.717) is 18.1 Å². The molecule has 0 bridgehead atoms. The molecular formula is C15H22F3N3OS. The molecule has 130 valence electrons. The van der Waals surface area contributed by atoms with Crippen LogP contribution in [-0.2, 0) is 6.54 Å². The molecule has 0 aromatic heterocycles. The first kappa shape index (κ1) is 19.5. The summed E-state index contributed by atoms with van der Waals surface area (Å²) in [5.74, 6) is 1.40. The number of thioether (sulfide) groups is 1. The molecule has 0 aliphatic heterocycles. The molecule has 0 heterocycles. The zero-order chi connectivity index (χ0) is 17.1. The maximum Gasteiger partial charge on any atom is 0.573 e. The first-order valence-electron chi connectivity index (χ1n) is 7.31. The molecule has 0 unspecified atom stereocenters. The van der Waals surface area contributed by atoms with Gasteiger partial charge < -0.3 is 15.4 Å². The number of nitrogens with zero attached hydrogens (tertiary/aromatic N) is 1. The fourth-order valence-corrected chi connectivity index (χ4v) is 2.22. The summed E-state index contributed by atoms with van der Waals surface area (Å²) in [5, 5.41) is 6.22. The number of aliphatic imine (C=N–C) groups is 1. The van der Waals surface area contributed by atoms with Crippen molar-refractivity contribution in [3.8, 4) is 5.75 Å². The average molecular weight is 349 g/mol. The van der Waals surface area contributed by atoms with Gasteiger partial charge in [0.25, 0.3) is 0 Å². The van der Waals surface area contributed by atoms with Gasteiger partial charge in [-0.15, -0.1) is 13.2 Å². The van der Waals surface area contributed by atoms with E-state index < -0.39 is 6.36 Å². The number of nitrogens with one attached hydrogen (secondary N) is 2. The molecule has 1 aromatic rings. The largest absolute Gasteiger partial charge is 0.573 e. The van der Waals surface area contributed by atoms with Gasteiger partial charge in [0.1, 0.15) is 5.75 Å². The maximum atomic E-state index is 12.4. The van der Waals surface area contributed by atoms with E-state index in [4.69, 9.17) is 0 Å². The fourth-order valence-electron chi connectivity index (χ4n) is 1.79. The number of ether oxygens (including phenoxy) is 1. The number of para-hydroxylation sites is 1. The van der Waals surface area contributed by atoms with E-state index in [1.807, 2.05) is 13.2 Å². The van der Waals surface area contributed by atoms with Gasteiger partial charge in [-0.1, -0.05) is 18.2 Å². The summed E-state index contributed by atoms with van der Waals surface area (Å²) in [6.07, 6.45) is -1.68. The summed E-state index contributed by atoms with van der Waals surface area (Å²) in [7, 11) is 0. The Morgan fingerprint density at radius 3 is 2.65 bits per heavy atom. The summed E-state index contributed by atoms with van der Waals surface area (Å²) in [4.78, 5) is 4.31. The van der Waals surface area contributed by atoms with Crippen LogP contribution in [0.1, 0.15) is 18.9 Å². The highest BCUT2D eigenvalue weighted by Crippen LogP contribution is 2.26. The highest BCUT2D eigenvalue weighted by molar-refractivity contribution is 7.98. The second-order valence-electron chi connectivity index (χ2n) is 4.62. The van der Waals surface area contributed by atoms with Crippen molar-refractivity contribution in [2.24, 2.45) is 4.99 Å². The number of halogens is 3. The SMILES string of the molecule is CCNC(=NCc1ccccc1OC(F)(F)F)NCCCSC. The van der Waals surface area contributed by atoms with Gasteiger partial charge in [-0.05, 0) is 31.4 Å². The zero-order valence-corrected chi connectivity index (χ0v) is 14.1. The minimum Gasteiger partial charge on any atom is -0.405 e. The molecule has 0 saturated carbocycles. The fraction of sp³-hybridized carbons (Fsp3) is 0.533. The summed E-state index contributed by atoms with van der Waals surface area (Å²) in [6, 6.07) is 6.02. The zero-order valence-electron chi connectivity index (χ0n) is 13.2. The van der Waals surface area contributed by atoms with Crippen molar-refractivity contribution < 1.29 is 17.9 Å². The van der Waals surface area contributed by atoms with Crippen molar-refractivity contribution in [2.75, 3.05) is 25.1 Å². The number of guanidine groups is 1. The highest BCUT2D eigenvalue weighted by Gasteiger charge is 2.31. The van der Waals surface area contributed by atoms with Crippen LogP contribution in [0.3, 0.4) is 0 Å². The summed E-state index contributed by atoms with van der Waals surface area (Å²) in [6.45, 7) is 3.46. The van der Waals surface area contributed by atoms with Crippen LogP contribution in [0.15, 0.2) is 29.3 Å². The number of hydrogen-bond donors (Lipinski definition) is 2. The van der Waals surface area contributed by atoms with Gasteiger partial charge in [0.2, 0.25) is 0 Å². The molecule has 2 N–H and O–H groups in total. The lowest BCUT2D eigenvalue weighted by Crippen LogP contribution is -2.37. The van der Waals surface area contributed by atoms with Crippen LogP contribution in [0.4, 0.5) is 13.2 Å². The Bertz CT molecular complexity index is 495. The van der Waals surface area contributed by atoms with E-state index in [2.05, 4.69) is 20.4 Å². The van der Waals surface area contributed by atoms with Crippen LogP contribution < -0.4 is 15.4 Å². The van der Waals surface area contributed by atoms with Gasteiger partial charge in [-0.3, -0.25) is 0 Å². The molecule has 23 heavy (non-hydrogen) atoms. The van der Waals surface area contributed by atoms with E-state index >= 15 is 0 Å². The molecule has 0 amide bonds. The second kappa shape index (κ2) is 10.3. The Balaban J connectivity index is 2.71. The van der Waals surface area contributed by atoms with E-state index in [1.54, 1.807) is 23.9 Å². The Morgan fingerprint density at radius 1 is 1.26 bits per heavy atom. The summed E-state index contributed by atoms with van der Waals surface area (Å²) < 4.78 is 41.2. The van der Waals surface area contributed by atoms with Crippen LogP contribution in [0.25, 0.3) is 0 Å². The topological polar surface area (TPSA) is 45.7 Å². The Hall–Kier alpha value is -1.57. The Morgan fingerprint density at radius 2 is 2.00 bits per heavy atom. The monoisotopic (exact) mass is 349 g/mol. The van der Waals surface area contributed by atoms with Gasteiger partial charge in [0.15, 0.2) is 5.96 Å². The number of hydrogen-bond acceptors (Lipinski definition) is 3. The predicted molar refractivity (Wildman–Crippen MR) is 88.9 cm³/mol. The first-order valence-corrected chi connectivity index (χ1v) is 8.70. The summed E-state index contributed by atoms with van der Waals surface area (Å²) >= 11 is 1.76. The number of alkyl halides is 3. The third-order valence-corrected chi connectivity index (χ3v) is 3.46. The van der Waals surface area contributed by atoms with E-state index in [-0.39, 0.29) is 12.3 Å². The first-order chi connectivity index (χ1) is 11.0. The van der Waals surface area contributed by atoms with E-state index in [1.165, 1.54) is 12.1 Å². The predicted octanol–water partition coefficient (Wildman–Crippen LogP) is 3.39. The average Bonchev–Trinajstić information content (AvgIpc) is 2.49. The normalized spacial score (nSPS) is 12.1. The second-order valence-corrected chi connectivity index (χ2v) is 5.61. The van der Waals surface area contributed by atoms with Crippen LogP contribution in [0.5, 0.6) is 5.75 Å². The standard InChI is InChI=1S/C15H22F3N3OS/c1-3-19-14(20-9-6-10-23-2)21-11-12-7-4-5-8-13(12)22-15(16,17)18/h4-5,7-8H,3,6,9-11H2,1-2H3,(H2,19,20,21). The molecule has 4 nitrogen and oxygen atoms in total. The molecule has 1 aromatic carbocycles.